The predicted octanol–water partition coefficient (Wildman–Crippen LogP) is 1.53. The lowest BCUT2D eigenvalue weighted by Crippen LogP contribution is -2.31. The second kappa shape index (κ2) is 6.71. The Morgan fingerprint density at radius 3 is 2.50 bits per heavy atom. The van der Waals surface area contributed by atoms with E-state index in [9.17, 15) is 13.2 Å². The topological polar surface area (TPSA) is 79.1 Å². The second-order valence-electron chi connectivity index (χ2n) is 4.61. The van der Waals surface area contributed by atoms with Crippen LogP contribution in [0, 0.1) is 0 Å². The molecule has 1 aromatic rings. The lowest BCUT2D eigenvalue weighted by molar-refractivity contribution is -0.141. The number of hydrogen-bond acceptors (Lipinski definition) is 6. The highest BCUT2D eigenvalue weighted by molar-refractivity contribution is 5.42. The highest BCUT2D eigenvalue weighted by Crippen LogP contribution is 2.29. The van der Waals surface area contributed by atoms with Crippen molar-refractivity contribution >= 4 is 11.8 Å². The molecule has 0 unspecified atom stereocenters. The molecule has 6 nitrogen and oxygen atoms in total. The number of rotatable bonds is 6. The third-order valence-corrected chi connectivity index (χ3v) is 2.80. The van der Waals surface area contributed by atoms with Gasteiger partial charge in [0.25, 0.3) is 0 Å². The summed E-state index contributed by atoms with van der Waals surface area (Å²) in [6, 6.07) is 1.21. The first-order valence-corrected chi connectivity index (χ1v) is 6.11. The lowest BCUT2D eigenvalue weighted by Gasteiger charge is -2.21. The molecular weight excluding hydrogens is 273 g/mol. The fourth-order valence-corrected chi connectivity index (χ4v) is 1.37. The van der Waals surface area contributed by atoms with Crippen molar-refractivity contribution in [2.75, 3.05) is 30.9 Å². The van der Waals surface area contributed by atoms with Crippen molar-refractivity contribution in [3.05, 3.63) is 11.8 Å². The molecule has 0 saturated heterocycles. The second-order valence-corrected chi connectivity index (χ2v) is 4.61. The number of aromatic nitrogens is 2. The molecule has 0 atom stereocenters. The molecule has 0 aliphatic heterocycles. The molecule has 0 aromatic carbocycles. The number of nitrogen functional groups attached to an aromatic ring is 1. The highest BCUT2D eigenvalue weighted by atomic mass is 19.4. The fraction of sp³-hybridized carbons (Fsp3) is 0.636. The van der Waals surface area contributed by atoms with Crippen molar-refractivity contribution in [1.29, 1.82) is 0 Å². The number of anilines is 2. The van der Waals surface area contributed by atoms with Crippen LogP contribution in [0.2, 0.25) is 0 Å². The molecule has 0 aliphatic carbocycles. The van der Waals surface area contributed by atoms with Gasteiger partial charge in [0.1, 0.15) is 5.82 Å². The van der Waals surface area contributed by atoms with E-state index in [-0.39, 0.29) is 11.8 Å². The van der Waals surface area contributed by atoms with E-state index in [1.54, 1.807) is 0 Å². The Morgan fingerprint density at radius 1 is 1.35 bits per heavy atom. The molecular formula is C11H19F3N6. The zero-order chi connectivity index (χ0) is 15.3. The van der Waals surface area contributed by atoms with Crippen LogP contribution in [0.15, 0.2) is 6.07 Å². The quantitative estimate of drug-likeness (QED) is 0.545. The van der Waals surface area contributed by atoms with Crippen molar-refractivity contribution in [2.24, 2.45) is 5.84 Å². The van der Waals surface area contributed by atoms with E-state index < -0.39 is 11.9 Å². The van der Waals surface area contributed by atoms with Crippen molar-refractivity contribution < 1.29 is 13.2 Å². The minimum atomic E-state index is -4.54. The van der Waals surface area contributed by atoms with Gasteiger partial charge in [-0.2, -0.15) is 18.2 Å². The number of hydrogen-bond donors (Lipinski definition) is 3. The van der Waals surface area contributed by atoms with Gasteiger partial charge in [-0.1, -0.05) is 0 Å². The predicted molar refractivity (Wildman–Crippen MR) is 71.1 cm³/mol. The van der Waals surface area contributed by atoms with Gasteiger partial charge in [-0.25, -0.2) is 10.8 Å². The summed E-state index contributed by atoms with van der Waals surface area (Å²) >= 11 is 0. The first kappa shape index (κ1) is 16.4. The third kappa shape index (κ3) is 4.82. The first-order chi connectivity index (χ1) is 9.24. The molecule has 1 heterocycles. The third-order valence-electron chi connectivity index (χ3n) is 2.80. The Hall–Kier alpha value is -1.61. The van der Waals surface area contributed by atoms with Crippen LogP contribution in [-0.2, 0) is 6.18 Å². The number of nitrogens with one attached hydrogen (secondary N) is 2. The van der Waals surface area contributed by atoms with Gasteiger partial charge >= 0.3 is 6.18 Å². The maximum Gasteiger partial charge on any atom is 0.433 e. The molecule has 0 aliphatic rings. The average molecular weight is 292 g/mol. The van der Waals surface area contributed by atoms with Gasteiger partial charge < -0.3 is 10.2 Å². The molecule has 1 rings (SSSR count). The van der Waals surface area contributed by atoms with E-state index in [0.29, 0.717) is 19.1 Å². The Kier molecular flexibility index (Phi) is 5.52. The van der Waals surface area contributed by atoms with Crippen molar-refractivity contribution in [1.82, 2.24) is 14.9 Å². The fourth-order valence-electron chi connectivity index (χ4n) is 1.37. The zero-order valence-electron chi connectivity index (χ0n) is 11.6. The largest absolute Gasteiger partial charge is 0.433 e. The van der Waals surface area contributed by atoms with Crippen molar-refractivity contribution in [3.8, 4) is 0 Å². The minimum Gasteiger partial charge on any atom is -0.369 e. The molecule has 114 valence electrons. The van der Waals surface area contributed by atoms with Crippen LogP contribution in [0.4, 0.5) is 24.9 Å². The van der Waals surface area contributed by atoms with E-state index in [0.717, 1.165) is 6.07 Å². The Labute approximate surface area is 115 Å². The van der Waals surface area contributed by atoms with E-state index in [1.807, 2.05) is 26.3 Å². The first-order valence-electron chi connectivity index (χ1n) is 6.11. The molecule has 0 fully saturated rings. The van der Waals surface area contributed by atoms with Crippen LogP contribution in [0.1, 0.15) is 19.5 Å². The number of hydrazine groups is 1. The van der Waals surface area contributed by atoms with E-state index >= 15 is 0 Å². The van der Waals surface area contributed by atoms with Gasteiger partial charge in [0.2, 0.25) is 5.95 Å². The van der Waals surface area contributed by atoms with E-state index in [1.165, 1.54) is 0 Å². The maximum absolute atomic E-state index is 12.6. The van der Waals surface area contributed by atoms with Crippen LogP contribution in [0.3, 0.4) is 0 Å². The Bertz CT molecular complexity index is 435. The van der Waals surface area contributed by atoms with Gasteiger partial charge in [0.05, 0.1) is 0 Å². The molecule has 20 heavy (non-hydrogen) atoms. The van der Waals surface area contributed by atoms with Gasteiger partial charge in [-0.15, -0.1) is 0 Å². The molecule has 0 amide bonds. The standard InChI is InChI=1S/C11H19F3N6/c1-7(2)20(3)5-4-16-9-6-8(11(12,13)14)17-10(18-9)19-15/h6-7H,4-5,15H2,1-3H3,(H2,16,17,18,19). The summed E-state index contributed by atoms with van der Waals surface area (Å²) in [7, 11) is 1.93. The van der Waals surface area contributed by atoms with E-state index in [2.05, 4.69) is 20.2 Å². The molecule has 0 spiro atoms. The molecule has 0 bridgehead atoms. The number of nitrogens with two attached hydrogens (primary N) is 1. The normalized spacial score (nSPS) is 12.1. The van der Waals surface area contributed by atoms with E-state index in [4.69, 9.17) is 5.84 Å². The molecule has 1 aromatic heterocycles. The monoisotopic (exact) mass is 292 g/mol. The average Bonchev–Trinajstić information content (AvgIpc) is 2.37. The molecule has 4 N–H and O–H groups in total. The zero-order valence-corrected chi connectivity index (χ0v) is 11.6. The van der Waals surface area contributed by atoms with Gasteiger partial charge in [-0.3, -0.25) is 5.43 Å². The molecule has 9 heteroatoms. The summed E-state index contributed by atoms with van der Waals surface area (Å²) in [6.07, 6.45) is -4.54. The SMILES string of the molecule is CC(C)N(C)CCNc1cc(C(F)(F)F)nc(NN)n1. The summed E-state index contributed by atoms with van der Waals surface area (Å²) in [5.41, 5.74) is 0.983. The number of nitrogens with zero attached hydrogens (tertiary/aromatic N) is 3. The Morgan fingerprint density at radius 2 is 2.00 bits per heavy atom. The highest BCUT2D eigenvalue weighted by Gasteiger charge is 2.33. The number of likely N-dealkylation sites (N-methyl/N-ethyl adjacent to an activating group) is 1. The summed E-state index contributed by atoms with van der Waals surface area (Å²) in [5.74, 6) is 4.87. The summed E-state index contributed by atoms with van der Waals surface area (Å²) < 4.78 is 37.9. The van der Waals surface area contributed by atoms with Crippen LogP contribution in [0.25, 0.3) is 0 Å². The van der Waals surface area contributed by atoms with Gasteiger partial charge in [-0.05, 0) is 20.9 Å². The summed E-state index contributed by atoms with van der Waals surface area (Å²) in [4.78, 5) is 9.16. The van der Waals surface area contributed by atoms with Gasteiger partial charge in [0.15, 0.2) is 5.69 Å². The Balaban J connectivity index is 2.75. The summed E-state index contributed by atoms with van der Waals surface area (Å²) in [6.45, 7) is 5.20. The van der Waals surface area contributed by atoms with Crippen molar-refractivity contribution in [2.45, 2.75) is 26.1 Å². The minimum absolute atomic E-state index is 0.0810. The van der Waals surface area contributed by atoms with Crippen LogP contribution < -0.4 is 16.6 Å². The van der Waals surface area contributed by atoms with Gasteiger partial charge in [0, 0.05) is 25.2 Å². The lowest BCUT2D eigenvalue weighted by atomic mass is 10.3. The molecule has 0 saturated carbocycles. The molecule has 0 radical (unpaired) electrons. The summed E-state index contributed by atoms with van der Waals surface area (Å²) in [5, 5.41) is 2.83. The maximum atomic E-state index is 12.6. The van der Waals surface area contributed by atoms with Crippen LogP contribution in [0.5, 0.6) is 0 Å². The number of halogens is 3. The van der Waals surface area contributed by atoms with Crippen molar-refractivity contribution in [3.63, 3.8) is 0 Å². The van der Waals surface area contributed by atoms with Crippen LogP contribution >= 0.6 is 0 Å². The smallest absolute Gasteiger partial charge is 0.369 e. The number of alkyl halides is 3. The van der Waals surface area contributed by atoms with Crippen LogP contribution in [-0.4, -0.2) is 41.0 Å².